The molecule has 0 atom stereocenters. The molecule has 2 aromatic rings. The molecular formula is C21H32N4S. The van der Waals surface area contributed by atoms with E-state index in [4.69, 9.17) is 0 Å². The lowest BCUT2D eigenvalue weighted by molar-refractivity contribution is 0.345. The molecule has 0 saturated carbocycles. The average Bonchev–Trinajstić information content (AvgIpc) is 3.18. The van der Waals surface area contributed by atoms with Crippen molar-refractivity contribution in [3.8, 4) is 0 Å². The highest BCUT2D eigenvalue weighted by Crippen LogP contribution is 2.26. The van der Waals surface area contributed by atoms with Gasteiger partial charge in [-0.05, 0) is 36.2 Å². The number of guanidine groups is 1. The van der Waals surface area contributed by atoms with Crippen LogP contribution < -0.4 is 10.6 Å². The molecule has 0 unspecified atom stereocenters. The van der Waals surface area contributed by atoms with Crippen LogP contribution in [0, 0.1) is 0 Å². The number of nitrogens with zero attached hydrogens (tertiary/aromatic N) is 2. The van der Waals surface area contributed by atoms with E-state index in [2.05, 4.69) is 90.1 Å². The Bertz CT molecular complexity index is 692. The Balaban J connectivity index is 1.88. The van der Waals surface area contributed by atoms with E-state index < -0.39 is 0 Å². The van der Waals surface area contributed by atoms with E-state index in [0.717, 1.165) is 32.1 Å². The van der Waals surface area contributed by atoms with Gasteiger partial charge in [-0.15, -0.1) is 11.3 Å². The lowest BCUT2D eigenvalue weighted by Gasteiger charge is -2.25. The first-order chi connectivity index (χ1) is 12.4. The molecule has 26 heavy (non-hydrogen) atoms. The number of rotatable bonds is 8. The van der Waals surface area contributed by atoms with E-state index >= 15 is 0 Å². The van der Waals surface area contributed by atoms with E-state index in [-0.39, 0.29) is 5.41 Å². The lowest BCUT2D eigenvalue weighted by Crippen LogP contribution is -2.42. The van der Waals surface area contributed by atoms with E-state index in [1.54, 1.807) is 11.3 Å². The normalized spacial score (nSPS) is 12.5. The average molecular weight is 373 g/mol. The van der Waals surface area contributed by atoms with Crippen LogP contribution in [-0.4, -0.2) is 38.0 Å². The Morgan fingerprint density at radius 2 is 1.92 bits per heavy atom. The summed E-state index contributed by atoms with van der Waals surface area (Å²) in [6.07, 6.45) is 0. The third-order valence-corrected chi connectivity index (χ3v) is 5.79. The molecule has 0 aliphatic heterocycles. The Morgan fingerprint density at radius 1 is 1.15 bits per heavy atom. The van der Waals surface area contributed by atoms with Crippen LogP contribution in [0.2, 0.25) is 0 Å². The van der Waals surface area contributed by atoms with Crippen LogP contribution in [0.25, 0.3) is 0 Å². The van der Waals surface area contributed by atoms with Crippen LogP contribution in [0.15, 0.2) is 46.8 Å². The molecule has 0 radical (unpaired) electrons. The smallest absolute Gasteiger partial charge is 0.191 e. The molecule has 1 heterocycles. The highest BCUT2D eigenvalue weighted by molar-refractivity contribution is 7.10. The standard InChI is InChI=1S/C21H32N4S/c1-6-25(5)15-18-10-7-9-17(13-18)14-23-20(22-4)24-16-21(2,3)19-11-8-12-26-19/h7-13H,6,14-16H2,1-5H3,(H2,22,23,24). The molecule has 0 bridgehead atoms. The Kier molecular flexibility index (Phi) is 7.66. The lowest BCUT2D eigenvalue weighted by atomic mass is 9.91. The summed E-state index contributed by atoms with van der Waals surface area (Å²) >= 11 is 1.80. The number of aliphatic imine (C=N–C) groups is 1. The molecule has 0 aliphatic rings. The SMILES string of the molecule is CCN(C)Cc1cccc(CNC(=NC)NCC(C)(C)c2cccs2)c1. The number of nitrogens with one attached hydrogen (secondary N) is 2. The predicted molar refractivity (Wildman–Crippen MR) is 114 cm³/mol. The van der Waals surface area contributed by atoms with Gasteiger partial charge in [-0.1, -0.05) is 51.1 Å². The Hall–Kier alpha value is -1.85. The van der Waals surface area contributed by atoms with Crippen molar-refractivity contribution in [3.05, 3.63) is 57.8 Å². The fourth-order valence-electron chi connectivity index (χ4n) is 2.72. The van der Waals surface area contributed by atoms with Crippen molar-refractivity contribution in [2.24, 2.45) is 4.99 Å². The van der Waals surface area contributed by atoms with Gasteiger partial charge in [-0.25, -0.2) is 0 Å². The van der Waals surface area contributed by atoms with Crippen LogP contribution in [-0.2, 0) is 18.5 Å². The van der Waals surface area contributed by atoms with Gasteiger partial charge in [0.2, 0.25) is 0 Å². The first-order valence-electron chi connectivity index (χ1n) is 9.19. The van der Waals surface area contributed by atoms with Gasteiger partial charge in [-0.3, -0.25) is 4.99 Å². The molecule has 0 fully saturated rings. The minimum absolute atomic E-state index is 0.0798. The zero-order valence-electron chi connectivity index (χ0n) is 16.7. The maximum absolute atomic E-state index is 4.36. The van der Waals surface area contributed by atoms with Gasteiger partial charge < -0.3 is 15.5 Å². The summed E-state index contributed by atoms with van der Waals surface area (Å²) < 4.78 is 0. The Morgan fingerprint density at radius 3 is 2.58 bits per heavy atom. The van der Waals surface area contributed by atoms with E-state index in [1.807, 2.05) is 7.05 Å². The first kappa shape index (κ1) is 20.5. The van der Waals surface area contributed by atoms with Gasteiger partial charge in [0.15, 0.2) is 5.96 Å². The van der Waals surface area contributed by atoms with E-state index in [9.17, 15) is 0 Å². The molecule has 142 valence electrons. The van der Waals surface area contributed by atoms with Crippen molar-refractivity contribution in [3.63, 3.8) is 0 Å². The predicted octanol–water partition coefficient (Wildman–Crippen LogP) is 3.84. The van der Waals surface area contributed by atoms with Crippen molar-refractivity contribution in [2.75, 3.05) is 27.2 Å². The fourth-order valence-corrected chi connectivity index (χ4v) is 3.58. The molecule has 0 aliphatic carbocycles. The largest absolute Gasteiger partial charge is 0.356 e. The summed E-state index contributed by atoms with van der Waals surface area (Å²) in [4.78, 5) is 8.05. The van der Waals surface area contributed by atoms with Gasteiger partial charge in [0.25, 0.3) is 0 Å². The van der Waals surface area contributed by atoms with Gasteiger partial charge in [0.1, 0.15) is 0 Å². The summed E-state index contributed by atoms with van der Waals surface area (Å²) in [6, 6.07) is 13.0. The highest BCUT2D eigenvalue weighted by Gasteiger charge is 2.21. The molecule has 1 aromatic heterocycles. The third-order valence-electron chi connectivity index (χ3n) is 4.55. The number of hydrogen-bond acceptors (Lipinski definition) is 3. The van der Waals surface area contributed by atoms with E-state index in [0.29, 0.717) is 0 Å². The molecule has 0 amide bonds. The second-order valence-electron chi connectivity index (χ2n) is 7.29. The minimum Gasteiger partial charge on any atom is -0.356 e. The molecule has 0 spiro atoms. The Labute approximate surface area is 162 Å². The summed E-state index contributed by atoms with van der Waals surface area (Å²) in [5, 5.41) is 9.02. The maximum Gasteiger partial charge on any atom is 0.191 e. The second-order valence-corrected chi connectivity index (χ2v) is 8.24. The van der Waals surface area contributed by atoms with Gasteiger partial charge in [0, 0.05) is 37.0 Å². The summed E-state index contributed by atoms with van der Waals surface area (Å²) in [7, 11) is 3.96. The third kappa shape index (κ3) is 6.15. The highest BCUT2D eigenvalue weighted by atomic mass is 32.1. The van der Waals surface area contributed by atoms with Crippen LogP contribution in [0.1, 0.15) is 36.8 Å². The monoisotopic (exact) mass is 372 g/mol. The van der Waals surface area contributed by atoms with Crippen molar-refractivity contribution in [1.82, 2.24) is 15.5 Å². The molecule has 1 aromatic carbocycles. The molecule has 2 rings (SSSR count). The van der Waals surface area contributed by atoms with Crippen molar-refractivity contribution in [2.45, 2.75) is 39.3 Å². The van der Waals surface area contributed by atoms with Crippen molar-refractivity contribution < 1.29 is 0 Å². The summed E-state index contributed by atoms with van der Waals surface area (Å²) in [5.41, 5.74) is 2.69. The zero-order valence-corrected chi connectivity index (χ0v) is 17.5. The topological polar surface area (TPSA) is 39.7 Å². The molecule has 2 N–H and O–H groups in total. The van der Waals surface area contributed by atoms with Crippen molar-refractivity contribution >= 4 is 17.3 Å². The van der Waals surface area contributed by atoms with Crippen LogP contribution >= 0.6 is 11.3 Å². The zero-order chi connectivity index (χ0) is 19.0. The van der Waals surface area contributed by atoms with Gasteiger partial charge in [-0.2, -0.15) is 0 Å². The maximum atomic E-state index is 4.36. The molecule has 0 saturated heterocycles. The number of hydrogen-bond donors (Lipinski definition) is 2. The van der Waals surface area contributed by atoms with Crippen molar-refractivity contribution in [1.29, 1.82) is 0 Å². The molecular weight excluding hydrogens is 340 g/mol. The van der Waals surface area contributed by atoms with Gasteiger partial charge in [0.05, 0.1) is 0 Å². The van der Waals surface area contributed by atoms with Crippen LogP contribution in [0.4, 0.5) is 0 Å². The fraction of sp³-hybridized carbons (Fsp3) is 0.476. The summed E-state index contributed by atoms with van der Waals surface area (Å²) in [5.74, 6) is 0.839. The quantitative estimate of drug-likeness (QED) is 0.546. The van der Waals surface area contributed by atoms with E-state index in [1.165, 1.54) is 16.0 Å². The van der Waals surface area contributed by atoms with Crippen LogP contribution in [0.5, 0.6) is 0 Å². The van der Waals surface area contributed by atoms with Gasteiger partial charge >= 0.3 is 0 Å². The summed E-state index contributed by atoms with van der Waals surface area (Å²) in [6.45, 7) is 10.3. The second kappa shape index (κ2) is 9.74. The molecule has 4 nitrogen and oxygen atoms in total. The first-order valence-corrected chi connectivity index (χ1v) is 10.1. The number of thiophene rings is 1. The van der Waals surface area contributed by atoms with Crippen LogP contribution in [0.3, 0.4) is 0 Å². The molecule has 5 heteroatoms. The number of benzene rings is 1. The minimum atomic E-state index is 0.0798.